The Labute approximate surface area is 172 Å². The minimum Gasteiger partial charge on any atom is -0.325 e. The molecule has 9 heteroatoms. The minimum atomic E-state index is -0.214. The number of carbonyl (C=O) groups is 2. The van der Waals surface area contributed by atoms with Crippen LogP contribution in [0.4, 0.5) is 11.4 Å². The number of aryl methyl sites for hydroxylation is 1. The van der Waals surface area contributed by atoms with Crippen molar-refractivity contribution in [3.05, 3.63) is 47.0 Å². The number of halogens is 1. The molecular formula is C19H20ClN5O2S. The number of hydrogen-bond acceptors (Lipinski definition) is 6. The number of aromatic nitrogens is 2. The van der Waals surface area contributed by atoms with Crippen LogP contribution in [-0.2, 0) is 9.59 Å². The first-order valence-corrected chi connectivity index (χ1v) is 9.86. The molecule has 2 aromatic carbocycles. The van der Waals surface area contributed by atoms with Gasteiger partial charge in [-0.2, -0.15) is 8.75 Å². The summed E-state index contributed by atoms with van der Waals surface area (Å²) in [5, 5.41) is 6.25. The van der Waals surface area contributed by atoms with Gasteiger partial charge in [-0.05, 0) is 43.3 Å². The molecule has 0 unspecified atom stereocenters. The molecule has 2 N–H and O–H groups in total. The SMILES string of the molecule is CCN(CC(=O)Nc1cc(Cl)ccc1C)CC(=O)Nc1cccc2nsnc12. The quantitative estimate of drug-likeness (QED) is 0.613. The molecule has 3 rings (SSSR count). The number of rotatable bonds is 7. The average molecular weight is 418 g/mol. The maximum atomic E-state index is 12.4. The average Bonchev–Trinajstić information content (AvgIpc) is 3.14. The van der Waals surface area contributed by atoms with E-state index in [1.54, 1.807) is 23.1 Å². The summed E-state index contributed by atoms with van der Waals surface area (Å²) in [5.41, 5.74) is 3.61. The van der Waals surface area contributed by atoms with Crippen LogP contribution >= 0.6 is 23.3 Å². The van der Waals surface area contributed by atoms with Gasteiger partial charge in [0.15, 0.2) is 0 Å². The Hall–Kier alpha value is -2.55. The number of carbonyl (C=O) groups excluding carboxylic acids is 2. The number of nitrogens with zero attached hydrogens (tertiary/aromatic N) is 3. The molecule has 0 bridgehead atoms. The van der Waals surface area contributed by atoms with Gasteiger partial charge in [-0.15, -0.1) is 0 Å². The number of benzene rings is 2. The molecule has 0 saturated carbocycles. The first kappa shape index (κ1) is 20.2. The monoisotopic (exact) mass is 417 g/mol. The van der Waals surface area contributed by atoms with E-state index >= 15 is 0 Å². The van der Waals surface area contributed by atoms with Crippen molar-refractivity contribution in [3.8, 4) is 0 Å². The smallest absolute Gasteiger partial charge is 0.238 e. The topological polar surface area (TPSA) is 87.2 Å². The first-order chi connectivity index (χ1) is 13.5. The molecule has 0 radical (unpaired) electrons. The van der Waals surface area contributed by atoms with Crippen molar-refractivity contribution >= 4 is 57.6 Å². The standard InChI is InChI=1S/C19H20ClN5O2S/c1-3-25(11-18(27)22-16-9-13(20)8-7-12(16)2)10-17(26)21-14-5-4-6-15-19(14)24-28-23-15/h4-9H,3,10-11H2,1-2H3,(H,21,26)(H,22,27). The lowest BCUT2D eigenvalue weighted by Gasteiger charge is -2.20. The molecule has 0 atom stereocenters. The molecule has 1 aromatic heterocycles. The minimum absolute atomic E-state index is 0.0897. The number of anilines is 2. The second kappa shape index (κ2) is 9.09. The van der Waals surface area contributed by atoms with Crippen LogP contribution in [-0.4, -0.2) is 45.1 Å². The third kappa shape index (κ3) is 5.03. The van der Waals surface area contributed by atoms with Gasteiger partial charge in [-0.25, -0.2) is 0 Å². The maximum absolute atomic E-state index is 12.4. The van der Waals surface area contributed by atoms with Crippen molar-refractivity contribution in [2.75, 3.05) is 30.3 Å². The summed E-state index contributed by atoms with van der Waals surface area (Å²) in [7, 11) is 0. The second-order valence-corrected chi connectivity index (χ2v) is 7.26. The molecular weight excluding hydrogens is 398 g/mol. The summed E-state index contributed by atoms with van der Waals surface area (Å²) >= 11 is 7.09. The zero-order valence-corrected chi connectivity index (χ0v) is 17.1. The number of likely N-dealkylation sites (N-methyl/N-ethyl adjacent to an activating group) is 1. The normalized spacial score (nSPS) is 11.0. The molecule has 2 amide bonds. The number of fused-ring (bicyclic) bond motifs is 1. The van der Waals surface area contributed by atoms with Crippen LogP contribution in [0.15, 0.2) is 36.4 Å². The lowest BCUT2D eigenvalue weighted by Crippen LogP contribution is -2.38. The van der Waals surface area contributed by atoms with Gasteiger partial charge in [-0.1, -0.05) is 30.7 Å². The highest BCUT2D eigenvalue weighted by Crippen LogP contribution is 2.21. The molecule has 1 heterocycles. The Morgan fingerprint density at radius 1 is 1.07 bits per heavy atom. The molecule has 0 aliphatic heterocycles. The molecule has 0 spiro atoms. The molecule has 0 saturated heterocycles. The van der Waals surface area contributed by atoms with Crippen molar-refractivity contribution < 1.29 is 9.59 Å². The van der Waals surface area contributed by atoms with Crippen molar-refractivity contribution in [1.82, 2.24) is 13.6 Å². The van der Waals surface area contributed by atoms with Gasteiger partial charge < -0.3 is 10.6 Å². The van der Waals surface area contributed by atoms with Gasteiger partial charge in [0.05, 0.1) is 30.5 Å². The fraction of sp³-hybridized carbons (Fsp3) is 0.263. The first-order valence-electron chi connectivity index (χ1n) is 8.75. The van der Waals surface area contributed by atoms with E-state index in [0.29, 0.717) is 28.5 Å². The van der Waals surface area contributed by atoms with Crippen LogP contribution < -0.4 is 10.6 Å². The summed E-state index contributed by atoms with van der Waals surface area (Å²) < 4.78 is 8.37. The lowest BCUT2D eigenvalue weighted by atomic mass is 10.2. The van der Waals surface area contributed by atoms with Gasteiger partial charge in [0.1, 0.15) is 11.0 Å². The summed E-state index contributed by atoms with van der Waals surface area (Å²) in [4.78, 5) is 26.6. The molecule has 146 valence electrons. The second-order valence-electron chi connectivity index (χ2n) is 6.30. The summed E-state index contributed by atoms with van der Waals surface area (Å²) in [6.07, 6.45) is 0. The number of hydrogen-bond donors (Lipinski definition) is 2. The van der Waals surface area contributed by atoms with Crippen LogP contribution in [0.1, 0.15) is 12.5 Å². The Balaban J connectivity index is 1.59. The van der Waals surface area contributed by atoms with Crippen molar-refractivity contribution in [1.29, 1.82) is 0 Å². The van der Waals surface area contributed by atoms with Gasteiger partial charge in [0, 0.05) is 10.7 Å². The van der Waals surface area contributed by atoms with E-state index in [0.717, 1.165) is 22.8 Å². The predicted octanol–water partition coefficient (Wildman–Crippen LogP) is 3.55. The molecule has 28 heavy (non-hydrogen) atoms. The Morgan fingerprint density at radius 3 is 2.50 bits per heavy atom. The highest BCUT2D eigenvalue weighted by Gasteiger charge is 2.15. The van der Waals surface area contributed by atoms with E-state index in [2.05, 4.69) is 19.4 Å². The van der Waals surface area contributed by atoms with Crippen LogP contribution in [0.5, 0.6) is 0 Å². The summed E-state index contributed by atoms with van der Waals surface area (Å²) in [6, 6.07) is 10.8. The predicted molar refractivity (Wildman–Crippen MR) is 113 cm³/mol. The van der Waals surface area contributed by atoms with E-state index in [1.165, 1.54) is 0 Å². The Morgan fingerprint density at radius 2 is 1.79 bits per heavy atom. The van der Waals surface area contributed by atoms with Crippen LogP contribution in [0.2, 0.25) is 5.02 Å². The van der Waals surface area contributed by atoms with Gasteiger partial charge in [0.2, 0.25) is 11.8 Å². The maximum Gasteiger partial charge on any atom is 0.238 e. The fourth-order valence-electron chi connectivity index (χ4n) is 2.70. The third-order valence-electron chi connectivity index (χ3n) is 4.22. The summed E-state index contributed by atoms with van der Waals surface area (Å²) in [6.45, 7) is 4.53. The zero-order valence-electron chi connectivity index (χ0n) is 15.5. The van der Waals surface area contributed by atoms with E-state index in [1.807, 2.05) is 32.0 Å². The molecule has 7 nitrogen and oxygen atoms in total. The van der Waals surface area contributed by atoms with E-state index < -0.39 is 0 Å². The molecule has 0 fully saturated rings. The van der Waals surface area contributed by atoms with Crippen molar-refractivity contribution in [2.45, 2.75) is 13.8 Å². The van der Waals surface area contributed by atoms with E-state index in [4.69, 9.17) is 11.6 Å². The highest BCUT2D eigenvalue weighted by atomic mass is 35.5. The van der Waals surface area contributed by atoms with E-state index in [9.17, 15) is 9.59 Å². The lowest BCUT2D eigenvalue weighted by molar-refractivity contribution is -0.119. The van der Waals surface area contributed by atoms with Crippen molar-refractivity contribution in [3.63, 3.8) is 0 Å². The summed E-state index contributed by atoms with van der Waals surface area (Å²) in [5.74, 6) is -0.417. The Kier molecular flexibility index (Phi) is 6.56. The van der Waals surface area contributed by atoms with Crippen LogP contribution in [0.25, 0.3) is 11.0 Å². The number of nitrogens with one attached hydrogen (secondary N) is 2. The van der Waals surface area contributed by atoms with Gasteiger partial charge in [0.25, 0.3) is 0 Å². The molecule has 3 aromatic rings. The van der Waals surface area contributed by atoms with Gasteiger partial charge in [-0.3, -0.25) is 14.5 Å². The molecule has 0 aliphatic rings. The van der Waals surface area contributed by atoms with Crippen LogP contribution in [0, 0.1) is 6.92 Å². The Bertz CT molecular complexity index is 1010. The molecule has 0 aliphatic carbocycles. The zero-order chi connectivity index (χ0) is 20.1. The van der Waals surface area contributed by atoms with Gasteiger partial charge >= 0.3 is 0 Å². The largest absolute Gasteiger partial charge is 0.325 e. The van der Waals surface area contributed by atoms with Crippen molar-refractivity contribution in [2.24, 2.45) is 0 Å². The third-order valence-corrected chi connectivity index (χ3v) is 4.99. The van der Waals surface area contributed by atoms with E-state index in [-0.39, 0.29) is 24.9 Å². The highest BCUT2D eigenvalue weighted by molar-refractivity contribution is 7.00. The number of amides is 2. The van der Waals surface area contributed by atoms with Crippen LogP contribution in [0.3, 0.4) is 0 Å². The fourth-order valence-corrected chi connectivity index (χ4v) is 3.42.